The van der Waals surface area contributed by atoms with Crippen LogP contribution in [0, 0.1) is 0 Å². The number of rotatable bonds is 7. The lowest BCUT2D eigenvalue weighted by molar-refractivity contribution is -0.132. The molecule has 2 aromatic rings. The molecule has 1 aliphatic heterocycles. The summed E-state index contributed by atoms with van der Waals surface area (Å²) in [6.07, 6.45) is 4.40. The summed E-state index contributed by atoms with van der Waals surface area (Å²) in [4.78, 5) is 30.6. The van der Waals surface area contributed by atoms with Crippen molar-refractivity contribution in [2.45, 2.75) is 32.2 Å². The first-order chi connectivity index (χ1) is 13.2. The van der Waals surface area contributed by atoms with Crippen LogP contribution in [0.1, 0.15) is 48.3 Å². The molecular formula is C21H25N3O3. The Balaban J connectivity index is 1.68. The van der Waals surface area contributed by atoms with Gasteiger partial charge in [-0.25, -0.2) is 0 Å². The fourth-order valence-electron chi connectivity index (χ4n) is 3.23. The van der Waals surface area contributed by atoms with Crippen molar-refractivity contribution < 1.29 is 14.3 Å². The third-order valence-corrected chi connectivity index (χ3v) is 4.72. The third-order valence-electron chi connectivity index (χ3n) is 4.72. The number of nitrogens with one attached hydrogen (secondary N) is 1. The molecule has 1 atom stereocenters. The van der Waals surface area contributed by atoms with Crippen LogP contribution >= 0.6 is 0 Å². The van der Waals surface area contributed by atoms with Crippen molar-refractivity contribution in [2.75, 3.05) is 19.7 Å². The van der Waals surface area contributed by atoms with Crippen LogP contribution in [0.2, 0.25) is 0 Å². The highest BCUT2D eigenvalue weighted by molar-refractivity contribution is 5.92. The Morgan fingerprint density at radius 1 is 1.15 bits per heavy atom. The molecule has 1 saturated heterocycles. The number of ether oxygens (including phenoxy) is 1. The number of benzene rings is 1. The van der Waals surface area contributed by atoms with Crippen molar-refractivity contribution in [2.24, 2.45) is 0 Å². The standard InChI is InChI=1S/C21H25N3O3/c1-2-17(23-21(26)18-10-5-6-12-22-18)16-9-3-4-11-19(16)27-15-20(25)24-13-7-8-14-24/h3-6,9-12,17H,2,7-8,13-15H2,1H3,(H,23,26). The first-order valence-corrected chi connectivity index (χ1v) is 9.40. The maximum Gasteiger partial charge on any atom is 0.270 e. The summed E-state index contributed by atoms with van der Waals surface area (Å²) < 4.78 is 5.82. The molecule has 0 aliphatic carbocycles. The summed E-state index contributed by atoms with van der Waals surface area (Å²) in [5, 5.41) is 3.01. The van der Waals surface area contributed by atoms with E-state index in [0.29, 0.717) is 17.9 Å². The van der Waals surface area contributed by atoms with Gasteiger partial charge in [-0.2, -0.15) is 0 Å². The van der Waals surface area contributed by atoms with Gasteiger partial charge in [-0.1, -0.05) is 31.2 Å². The van der Waals surface area contributed by atoms with Crippen LogP contribution in [0.3, 0.4) is 0 Å². The van der Waals surface area contributed by atoms with Gasteiger partial charge in [0.1, 0.15) is 11.4 Å². The van der Waals surface area contributed by atoms with Crippen LogP contribution in [-0.4, -0.2) is 41.4 Å². The van der Waals surface area contributed by atoms with E-state index in [1.165, 1.54) is 0 Å². The van der Waals surface area contributed by atoms with Crippen LogP contribution in [0.4, 0.5) is 0 Å². The minimum absolute atomic E-state index is 0.00729. The Hall–Kier alpha value is -2.89. The van der Waals surface area contributed by atoms with Crippen molar-refractivity contribution in [3.8, 4) is 5.75 Å². The second-order valence-corrected chi connectivity index (χ2v) is 6.56. The fraction of sp³-hybridized carbons (Fsp3) is 0.381. The third kappa shape index (κ3) is 4.84. The summed E-state index contributed by atoms with van der Waals surface area (Å²) in [5.74, 6) is 0.400. The second kappa shape index (κ2) is 9.16. The number of nitrogens with zero attached hydrogens (tertiary/aromatic N) is 2. The van der Waals surface area contributed by atoms with E-state index in [2.05, 4.69) is 10.3 Å². The first kappa shape index (κ1) is 18.9. The van der Waals surface area contributed by atoms with E-state index in [4.69, 9.17) is 4.74 Å². The molecule has 1 N–H and O–H groups in total. The maximum atomic E-state index is 12.5. The van der Waals surface area contributed by atoms with Gasteiger partial charge in [0.05, 0.1) is 6.04 Å². The SMILES string of the molecule is CCC(NC(=O)c1ccccn1)c1ccccc1OCC(=O)N1CCCC1. The number of carbonyl (C=O) groups excluding carboxylic acids is 2. The molecule has 3 rings (SSSR count). The van der Waals surface area contributed by atoms with Gasteiger partial charge >= 0.3 is 0 Å². The largest absolute Gasteiger partial charge is 0.483 e. The second-order valence-electron chi connectivity index (χ2n) is 6.56. The molecule has 6 heteroatoms. The van der Waals surface area contributed by atoms with E-state index in [9.17, 15) is 9.59 Å². The van der Waals surface area contributed by atoms with Gasteiger partial charge in [-0.15, -0.1) is 0 Å². The number of hydrogen-bond donors (Lipinski definition) is 1. The number of pyridine rings is 1. The van der Waals surface area contributed by atoms with Crippen molar-refractivity contribution in [1.82, 2.24) is 15.2 Å². The smallest absolute Gasteiger partial charge is 0.270 e. The van der Waals surface area contributed by atoms with E-state index in [1.54, 1.807) is 24.4 Å². The van der Waals surface area contributed by atoms with Crippen molar-refractivity contribution >= 4 is 11.8 Å². The Morgan fingerprint density at radius 3 is 2.59 bits per heavy atom. The van der Waals surface area contributed by atoms with Crippen LogP contribution in [-0.2, 0) is 4.79 Å². The Kier molecular flexibility index (Phi) is 6.41. The molecule has 0 spiro atoms. The predicted molar refractivity (Wildman–Crippen MR) is 102 cm³/mol. The molecule has 0 radical (unpaired) electrons. The maximum absolute atomic E-state index is 12.5. The van der Waals surface area contributed by atoms with E-state index in [1.807, 2.05) is 36.1 Å². The monoisotopic (exact) mass is 367 g/mol. The molecule has 6 nitrogen and oxygen atoms in total. The summed E-state index contributed by atoms with van der Waals surface area (Å²) in [5.41, 5.74) is 1.23. The van der Waals surface area contributed by atoms with Crippen LogP contribution in [0.25, 0.3) is 0 Å². The van der Waals surface area contributed by atoms with Gasteiger partial charge in [-0.3, -0.25) is 14.6 Å². The van der Waals surface area contributed by atoms with Gasteiger partial charge in [0.15, 0.2) is 6.61 Å². The zero-order chi connectivity index (χ0) is 19.1. The number of hydrogen-bond acceptors (Lipinski definition) is 4. The summed E-state index contributed by atoms with van der Waals surface area (Å²) in [6, 6.07) is 12.5. The highest BCUT2D eigenvalue weighted by Gasteiger charge is 2.21. The summed E-state index contributed by atoms with van der Waals surface area (Å²) in [6.45, 7) is 3.63. The molecular weight excluding hydrogens is 342 g/mol. The topological polar surface area (TPSA) is 71.5 Å². The van der Waals surface area contributed by atoms with Crippen LogP contribution in [0.15, 0.2) is 48.7 Å². The average Bonchev–Trinajstić information content (AvgIpc) is 3.26. The minimum atomic E-state index is -0.231. The number of aromatic nitrogens is 1. The number of amides is 2. The normalized spacial score (nSPS) is 14.6. The molecule has 0 saturated carbocycles. The Bertz CT molecular complexity index is 773. The zero-order valence-electron chi connectivity index (χ0n) is 15.6. The highest BCUT2D eigenvalue weighted by Crippen LogP contribution is 2.27. The van der Waals surface area contributed by atoms with Crippen molar-refractivity contribution in [3.63, 3.8) is 0 Å². The minimum Gasteiger partial charge on any atom is -0.483 e. The Labute approximate surface area is 159 Å². The lowest BCUT2D eigenvalue weighted by Crippen LogP contribution is -2.33. The lowest BCUT2D eigenvalue weighted by atomic mass is 10.0. The highest BCUT2D eigenvalue weighted by atomic mass is 16.5. The Morgan fingerprint density at radius 2 is 1.89 bits per heavy atom. The molecule has 2 heterocycles. The molecule has 1 aliphatic rings. The van der Waals surface area contributed by atoms with Crippen LogP contribution in [0.5, 0.6) is 5.75 Å². The molecule has 1 aromatic carbocycles. The van der Waals surface area contributed by atoms with Gasteiger partial charge in [0.25, 0.3) is 11.8 Å². The fourth-order valence-corrected chi connectivity index (χ4v) is 3.23. The predicted octanol–water partition coefficient (Wildman–Crippen LogP) is 2.96. The summed E-state index contributed by atoms with van der Waals surface area (Å²) >= 11 is 0. The van der Waals surface area contributed by atoms with Gasteiger partial charge < -0.3 is 15.0 Å². The molecule has 2 amide bonds. The number of para-hydroxylation sites is 1. The van der Waals surface area contributed by atoms with Gasteiger partial charge in [-0.05, 0) is 37.5 Å². The van der Waals surface area contributed by atoms with Crippen LogP contribution < -0.4 is 10.1 Å². The van der Waals surface area contributed by atoms with E-state index >= 15 is 0 Å². The van der Waals surface area contributed by atoms with E-state index < -0.39 is 0 Å². The number of carbonyl (C=O) groups is 2. The molecule has 1 unspecified atom stereocenters. The molecule has 142 valence electrons. The van der Waals surface area contributed by atoms with E-state index in [0.717, 1.165) is 31.5 Å². The van der Waals surface area contributed by atoms with E-state index in [-0.39, 0.29) is 24.5 Å². The molecule has 27 heavy (non-hydrogen) atoms. The lowest BCUT2D eigenvalue weighted by Gasteiger charge is -2.21. The zero-order valence-corrected chi connectivity index (χ0v) is 15.6. The average molecular weight is 367 g/mol. The number of likely N-dealkylation sites (tertiary alicyclic amines) is 1. The van der Waals surface area contributed by atoms with Crippen molar-refractivity contribution in [1.29, 1.82) is 0 Å². The first-order valence-electron chi connectivity index (χ1n) is 9.40. The van der Waals surface area contributed by atoms with Crippen molar-refractivity contribution in [3.05, 3.63) is 59.9 Å². The quantitative estimate of drug-likeness (QED) is 0.817. The van der Waals surface area contributed by atoms with Gasteiger partial charge in [0.2, 0.25) is 0 Å². The molecule has 1 fully saturated rings. The van der Waals surface area contributed by atoms with Gasteiger partial charge in [0, 0.05) is 24.8 Å². The summed E-state index contributed by atoms with van der Waals surface area (Å²) in [7, 11) is 0. The molecule has 0 bridgehead atoms. The molecule has 1 aromatic heterocycles.